The normalized spacial score (nSPS) is 11.1. The lowest BCUT2D eigenvalue weighted by atomic mass is 10.3. The zero-order chi connectivity index (χ0) is 17.4. The number of anilines is 1. The van der Waals surface area contributed by atoms with Crippen LogP contribution in [0, 0.1) is 6.92 Å². The maximum atomic E-state index is 12.1. The fraction of sp³-hybridized carbons (Fsp3) is 0.118. The van der Waals surface area contributed by atoms with Gasteiger partial charge in [-0.3, -0.25) is 10.1 Å². The third-order valence-corrected chi connectivity index (χ3v) is 5.63. The van der Waals surface area contributed by atoms with Crippen molar-refractivity contribution >= 4 is 65.7 Å². The van der Waals surface area contributed by atoms with Crippen LogP contribution in [0.5, 0.6) is 5.75 Å². The molecule has 0 atom stereocenters. The molecule has 0 bridgehead atoms. The molecule has 5 nitrogen and oxygen atoms in total. The van der Waals surface area contributed by atoms with Gasteiger partial charge in [-0.25, -0.2) is 9.97 Å². The Labute approximate surface area is 156 Å². The molecule has 4 aromatic rings. The van der Waals surface area contributed by atoms with Crippen LogP contribution in [0.1, 0.15) is 5.01 Å². The zero-order valence-corrected chi connectivity index (χ0v) is 15.5. The Bertz CT molecular complexity index is 1070. The number of aromatic nitrogens is 2. The Morgan fingerprint density at radius 1 is 1.16 bits per heavy atom. The molecule has 0 unspecified atom stereocenters. The van der Waals surface area contributed by atoms with E-state index in [0.29, 0.717) is 15.9 Å². The molecule has 4 rings (SSSR count). The lowest BCUT2D eigenvalue weighted by Gasteiger charge is -2.05. The van der Waals surface area contributed by atoms with Crippen LogP contribution >= 0.6 is 34.3 Å². The van der Waals surface area contributed by atoms with Crippen LogP contribution in [0.3, 0.4) is 0 Å². The number of rotatable bonds is 4. The first kappa shape index (κ1) is 16.3. The van der Waals surface area contributed by atoms with Crippen molar-refractivity contribution in [3.8, 4) is 5.75 Å². The van der Waals surface area contributed by atoms with Crippen LogP contribution < -0.4 is 10.1 Å². The van der Waals surface area contributed by atoms with E-state index in [1.807, 2.05) is 19.1 Å². The molecular weight excluding hydrogens is 378 g/mol. The minimum atomic E-state index is -0.264. The van der Waals surface area contributed by atoms with Crippen LogP contribution in [0.2, 0.25) is 5.02 Å². The van der Waals surface area contributed by atoms with E-state index in [-0.39, 0.29) is 12.5 Å². The van der Waals surface area contributed by atoms with Crippen LogP contribution in [-0.2, 0) is 4.79 Å². The van der Waals surface area contributed by atoms with Crippen LogP contribution in [-0.4, -0.2) is 22.5 Å². The second-order valence-electron chi connectivity index (χ2n) is 5.30. The molecule has 2 heterocycles. The van der Waals surface area contributed by atoms with Gasteiger partial charge >= 0.3 is 0 Å². The Morgan fingerprint density at radius 2 is 1.96 bits per heavy atom. The van der Waals surface area contributed by atoms with E-state index in [4.69, 9.17) is 16.3 Å². The third-order valence-electron chi connectivity index (χ3n) is 3.45. The van der Waals surface area contributed by atoms with Crippen molar-refractivity contribution in [2.45, 2.75) is 6.92 Å². The molecule has 1 N–H and O–H groups in total. The summed E-state index contributed by atoms with van der Waals surface area (Å²) in [6.45, 7) is 1.89. The van der Waals surface area contributed by atoms with Crippen LogP contribution in [0.4, 0.5) is 5.13 Å². The van der Waals surface area contributed by atoms with Gasteiger partial charge in [0.1, 0.15) is 11.3 Å². The number of aryl methyl sites for hydroxylation is 1. The van der Waals surface area contributed by atoms with Gasteiger partial charge in [0.15, 0.2) is 11.7 Å². The number of hydrogen-bond acceptors (Lipinski definition) is 6. The number of thiazole rings is 2. The number of ether oxygens (including phenoxy) is 1. The molecule has 0 radical (unpaired) electrons. The number of hydrogen-bond donors (Lipinski definition) is 1. The highest BCUT2D eigenvalue weighted by atomic mass is 35.5. The van der Waals surface area contributed by atoms with E-state index in [1.165, 1.54) is 11.3 Å². The molecule has 0 aliphatic heterocycles. The summed E-state index contributed by atoms with van der Waals surface area (Å²) in [5.74, 6) is 0.322. The number of halogens is 1. The van der Waals surface area contributed by atoms with E-state index < -0.39 is 0 Å². The van der Waals surface area contributed by atoms with E-state index >= 15 is 0 Å². The van der Waals surface area contributed by atoms with Crippen molar-refractivity contribution in [1.82, 2.24) is 9.97 Å². The van der Waals surface area contributed by atoms with E-state index in [0.717, 1.165) is 25.4 Å². The first-order chi connectivity index (χ1) is 12.1. The van der Waals surface area contributed by atoms with E-state index in [1.54, 1.807) is 35.6 Å². The van der Waals surface area contributed by atoms with Crippen molar-refractivity contribution in [3.05, 3.63) is 46.4 Å². The molecule has 126 valence electrons. The van der Waals surface area contributed by atoms with E-state index in [9.17, 15) is 4.79 Å². The van der Waals surface area contributed by atoms with Crippen molar-refractivity contribution in [2.24, 2.45) is 0 Å². The largest absolute Gasteiger partial charge is 0.484 e. The van der Waals surface area contributed by atoms with Gasteiger partial charge in [0.05, 0.1) is 19.9 Å². The zero-order valence-electron chi connectivity index (χ0n) is 13.1. The van der Waals surface area contributed by atoms with Gasteiger partial charge in [0.25, 0.3) is 5.91 Å². The van der Waals surface area contributed by atoms with Gasteiger partial charge in [-0.15, -0.1) is 11.3 Å². The Kier molecular flexibility index (Phi) is 4.29. The molecule has 2 aromatic carbocycles. The van der Waals surface area contributed by atoms with Gasteiger partial charge < -0.3 is 4.74 Å². The molecule has 0 aliphatic carbocycles. The number of fused-ring (bicyclic) bond motifs is 3. The number of carbonyl (C=O) groups excluding carboxylic acids is 1. The standard InChI is InChI=1S/C17H12ClN3O2S2/c1-9-19-15-13(24-9)7-6-12-16(15)25-17(20-12)21-14(22)8-23-11-4-2-10(18)3-5-11/h2-7H,8H2,1H3,(H,20,21,22). The molecule has 25 heavy (non-hydrogen) atoms. The number of nitrogens with zero attached hydrogens (tertiary/aromatic N) is 2. The molecule has 0 fully saturated rings. The maximum Gasteiger partial charge on any atom is 0.264 e. The minimum Gasteiger partial charge on any atom is -0.484 e. The lowest BCUT2D eigenvalue weighted by Crippen LogP contribution is -2.19. The summed E-state index contributed by atoms with van der Waals surface area (Å²) in [7, 11) is 0. The second-order valence-corrected chi connectivity index (χ2v) is 7.97. The molecule has 0 saturated heterocycles. The smallest absolute Gasteiger partial charge is 0.264 e. The summed E-state index contributed by atoms with van der Waals surface area (Å²) in [6.07, 6.45) is 0. The van der Waals surface area contributed by atoms with Gasteiger partial charge in [0.2, 0.25) is 0 Å². The Balaban J connectivity index is 1.49. The van der Waals surface area contributed by atoms with Crippen molar-refractivity contribution < 1.29 is 9.53 Å². The molecule has 0 saturated carbocycles. The predicted molar refractivity (Wildman–Crippen MR) is 103 cm³/mol. The van der Waals surface area contributed by atoms with Crippen molar-refractivity contribution in [2.75, 3.05) is 11.9 Å². The quantitative estimate of drug-likeness (QED) is 0.540. The molecule has 0 aliphatic rings. The number of benzene rings is 2. The van der Waals surface area contributed by atoms with Gasteiger partial charge in [-0.05, 0) is 43.3 Å². The highest BCUT2D eigenvalue weighted by Gasteiger charge is 2.13. The molecule has 1 amide bonds. The summed E-state index contributed by atoms with van der Waals surface area (Å²) >= 11 is 8.89. The minimum absolute atomic E-state index is 0.0945. The Hall–Kier alpha value is -2.22. The van der Waals surface area contributed by atoms with Gasteiger partial charge in [0, 0.05) is 5.02 Å². The highest BCUT2D eigenvalue weighted by molar-refractivity contribution is 7.24. The van der Waals surface area contributed by atoms with Crippen molar-refractivity contribution in [3.63, 3.8) is 0 Å². The second kappa shape index (κ2) is 6.59. The number of carbonyl (C=O) groups is 1. The summed E-state index contributed by atoms with van der Waals surface area (Å²) in [5.41, 5.74) is 1.77. The summed E-state index contributed by atoms with van der Waals surface area (Å²) < 4.78 is 7.54. The SMILES string of the molecule is Cc1nc2c(ccc3nc(NC(=O)COc4ccc(Cl)cc4)sc32)s1. The summed E-state index contributed by atoms with van der Waals surface area (Å²) in [5, 5.41) is 4.95. The fourth-order valence-electron chi connectivity index (χ4n) is 2.38. The highest BCUT2D eigenvalue weighted by Crippen LogP contribution is 2.34. The summed E-state index contributed by atoms with van der Waals surface area (Å²) in [6, 6.07) is 10.8. The first-order valence-corrected chi connectivity index (χ1v) is 9.44. The van der Waals surface area contributed by atoms with Crippen LogP contribution in [0.25, 0.3) is 20.4 Å². The molecule has 0 spiro atoms. The average molecular weight is 390 g/mol. The fourth-order valence-corrected chi connectivity index (χ4v) is 4.38. The summed E-state index contributed by atoms with van der Waals surface area (Å²) in [4.78, 5) is 21.1. The van der Waals surface area contributed by atoms with Gasteiger partial charge in [-0.1, -0.05) is 22.9 Å². The molecule has 8 heteroatoms. The Morgan fingerprint density at radius 3 is 2.76 bits per heavy atom. The van der Waals surface area contributed by atoms with Crippen LogP contribution in [0.15, 0.2) is 36.4 Å². The molecule has 2 aromatic heterocycles. The van der Waals surface area contributed by atoms with Crippen molar-refractivity contribution in [1.29, 1.82) is 0 Å². The average Bonchev–Trinajstić information content (AvgIpc) is 3.16. The monoisotopic (exact) mass is 389 g/mol. The number of amides is 1. The predicted octanol–water partition coefficient (Wildman–Crippen LogP) is 4.89. The topological polar surface area (TPSA) is 64.1 Å². The third kappa shape index (κ3) is 3.44. The first-order valence-electron chi connectivity index (χ1n) is 7.43. The maximum absolute atomic E-state index is 12.1. The lowest BCUT2D eigenvalue weighted by molar-refractivity contribution is -0.118. The van der Waals surface area contributed by atoms with E-state index in [2.05, 4.69) is 15.3 Å². The molecular formula is C17H12ClN3O2S2. The van der Waals surface area contributed by atoms with Gasteiger partial charge in [-0.2, -0.15) is 0 Å². The number of nitrogens with one attached hydrogen (secondary N) is 1.